The molecule has 2 aliphatic heterocycles. The fourth-order valence-corrected chi connectivity index (χ4v) is 6.92. The van der Waals surface area contributed by atoms with Crippen LogP contribution >= 0.6 is 0 Å². The van der Waals surface area contributed by atoms with Crippen molar-refractivity contribution in [1.82, 2.24) is 4.72 Å². The lowest BCUT2D eigenvalue weighted by molar-refractivity contribution is -0.257. The Hall–Kier alpha value is -4.39. The van der Waals surface area contributed by atoms with Gasteiger partial charge in [0.15, 0.2) is 6.10 Å². The average Bonchev–Trinajstić information content (AvgIpc) is 3.40. The first-order valence-electron chi connectivity index (χ1n) is 14.4. The number of fused-ring (bicyclic) bond motifs is 1. The van der Waals surface area contributed by atoms with Gasteiger partial charge in [-0.2, -0.15) is 13.1 Å². The number of hydrogen-bond donors (Lipinski definition) is 1. The molecule has 4 aromatic carbocycles. The molecule has 0 saturated carbocycles. The number of rotatable bonds is 9. The van der Waals surface area contributed by atoms with E-state index < -0.39 is 58.5 Å². The van der Waals surface area contributed by atoms with Crippen molar-refractivity contribution in [2.45, 2.75) is 43.2 Å². The number of carbonyl (C=O) groups is 2. The first kappa shape index (κ1) is 30.6. The zero-order valence-electron chi connectivity index (χ0n) is 24.2. The Balaban J connectivity index is 1.43. The number of ether oxygens (including phenoxy) is 4. The molecule has 5 atom stereocenters. The molecule has 45 heavy (non-hydrogen) atoms. The molecule has 0 aromatic heterocycles. The van der Waals surface area contributed by atoms with Crippen molar-refractivity contribution in [2.24, 2.45) is 0 Å². The SMILES string of the molecule is CC(=O)O[C@H]1O[C@H](COC(c2ccccc2)(c2ccccc2)c2ccccc2)[C@@H](OC(=O)c2ccccc2)[C@@H]2OS(=O)(=O)N[C@H]12. The van der Waals surface area contributed by atoms with E-state index in [0.29, 0.717) is 0 Å². The number of esters is 2. The molecule has 11 heteroatoms. The minimum atomic E-state index is -4.28. The molecule has 0 spiro atoms. The van der Waals surface area contributed by atoms with Crippen LogP contribution < -0.4 is 4.72 Å². The third-order valence-corrected chi connectivity index (χ3v) is 8.74. The molecule has 0 unspecified atom stereocenters. The molecule has 0 amide bonds. The molecule has 2 saturated heterocycles. The predicted octanol–water partition coefficient (Wildman–Crippen LogP) is 4.11. The summed E-state index contributed by atoms with van der Waals surface area (Å²) in [5.41, 5.74) is 1.51. The molecule has 0 aliphatic carbocycles. The van der Waals surface area contributed by atoms with E-state index in [9.17, 15) is 18.0 Å². The van der Waals surface area contributed by atoms with Gasteiger partial charge in [-0.15, -0.1) is 0 Å². The second-order valence-corrected chi connectivity index (χ2v) is 12.0. The van der Waals surface area contributed by atoms with Gasteiger partial charge in [0.05, 0.1) is 12.2 Å². The van der Waals surface area contributed by atoms with Gasteiger partial charge < -0.3 is 18.9 Å². The van der Waals surface area contributed by atoms with Crippen LogP contribution in [-0.2, 0) is 43.8 Å². The zero-order chi connectivity index (χ0) is 31.4. The summed E-state index contributed by atoms with van der Waals surface area (Å²) in [5, 5.41) is 0. The maximum atomic E-state index is 13.3. The molecule has 10 nitrogen and oxygen atoms in total. The summed E-state index contributed by atoms with van der Waals surface area (Å²) in [6.45, 7) is 0.955. The maximum Gasteiger partial charge on any atom is 0.338 e. The summed E-state index contributed by atoms with van der Waals surface area (Å²) in [6, 6.07) is 35.9. The molecular weight excluding hydrogens is 598 g/mol. The van der Waals surface area contributed by atoms with Gasteiger partial charge in [0, 0.05) is 6.92 Å². The van der Waals surface area contributed by atoms with Crippen LogP contribution in [-0.4, -0.2) is 57.6 Å². The molecule has 4 aromatic rings. The zero-order valence-corrected chi connectivity index (χ0v) is 25.0. The quantitative estimate of drug-likeness (QED) is 0.215. The van der Waals surface area contributed by atoms with E-state index >= 15 is 0 Å². The first-order valence-corrected chi connectivity index (χ1v) is 15.8. The topological polar surface area (TPSA) is 126 Å². The monoisotopic (exact) mass is 629 g/mol. The minimum Gasteiger partial charge on any atom is -0.453 e. The Morgan fingerprint density at radius 3 is 1.73 bits per heavy atom. The summed E-state index contributed by atoms with van der Waals surface area (Å²) in [6.07, 6.45) is -5.08. The van der Waals surface area contributed by atoms with E-state index in [1.807, 2.05) is 91.0 Å². The molecule has 2 aliphatic rings. The second-order valence-electron chi connectivity index (χ2n) is 10.6. The van der Waals surface area contributed by atoms with Crippen molar-refractivity contribution in [2.75, 3.05) is 6.61 Å². The Labute approximate surface area is 261 Å². The van der Waals surface area contributed by atoms with E-state index in [0.717, 1.165) is 16.7 Å². The lowest BCUT2D eigenvalue weighted by atomic mass is 9.80. The van der Waals surface area contributed by atoms with Crippen LogP contribution in [0.5, 0.6) is 0 Å². The molecule has 2 fully saturated rings. The molecule has 2 heterocycles. The van der Waals surface area contributed by atoms with Gasteiger partial charge in [0.25, 0.3) is 0 Å². The highest BCUT2D eigenvalue weighted by atomic mass is 32.2. The standard InChI is InChI=1S/C34H31NO9S/c1-23(36)41-33-29-31(44-45(38,39)35-29)30(43-32(37)24-14-6-2-7-15-24)28(42-33)22-40-34(25-16-8-3-9-17-25,26-18-10-4-11-19-26)27-20-12-5-13-21-27/h2-21,28-31,33,35H,22H2,1H3/t28-,29+,30-,31-,33+/m1/s1. The van der Waals surface area contributed by atoms with Crippen LogP contribution in [0.15, 0.2) is 121 Å². The van der Waals surface area contributed by atoms with Crippen molar-refractivity contribution in [1.29, 1.82) is 0 Å². The van der Waals surface area contributed by atoms with E-state index in [-0.39, 0.29) is 12.2 Å². The van der Waals surface area contributed by atoms with Crippen molar-refractivity contribution < 1.29 is 41.1 Å². The highest BCUT2D eigenvalue weighted by molar-refractivity contribution is 7.85. The lowest BCUT2D eigenvalue weighted by Gasteiger charge is -2.43. The Kier molecular flexibility index (Phi) is 8.79. The Bertz CT molecular complexity index is 1620. The summed E-state index contributed by atoms with van der Waals surface area (Å²) < 4.78 is 57.3. The maximum absolute atomic E-state index is 13.3. The van der Waals surface area contributed by atoms with Crippen LogP contribution in [0.3, 0.4) is 0 Å². The summed E-state index contributed by atoms with van der Waals surface area (Å²) in [5.74, 6) is -1.41. The number of benzene rings is 4. The highest BCUT2D eigenvalue weighted by Crippen LogP contribution is 2.42. The van der Waals surface area contributed by atoms with Crippen molar-refractivity contribution in [3.8, 4) is 0 Å². The number of hydrogen-bond acceptors (Lipinski definition) is 9. The predicted molar refractivity (Wildman–Crippen MR) is 162 cm³/mol. The molecule has 0 bridgehead atoms. The smallest absolute Gasteiger partial charge is 0.338 e. The van der Waals surface area contributed by atoms with Crippen LogP contribution in [0.4, 0.5) is 0 Å². The fourth-order valence-electron chi connectivity index (χ4n) is 5.77. The van der Waals surface area contributed by atoms with Crippen LogP contribution in [0, 0.1) is 0 Å². The molecule has 6 rings (SSSR count). The van der Waals surface area contributed by atoms with Crippen LogP contribution in [0.1, 0.15) is 34.0 Å². The molecule has 0 radical (unpaired) electrons. The first-order chi connectivity index (χ1) is 21.8. The minimum absolute atomic E-state index is 0.226. The second kappa shape index (κ2) is 12.9. The normalized spacial score (nSPS) is 23.9. The van der Waals surface area contributed by atoms with E-state index in [1.165, 1.54) is 6.92 Å². The van der Waals surface area contributed by atoms with Gasteiger partial charge in [-0.25, -0.2) is 8.98 Å². The van der Waals surface area contributed by atoms with Crippen LogP contribution in [0.25, 0.3) is 0 Å². The molecule has 232 valence electrons. The van der Waals surface area contributed by atoms with Gasteiger partial charge in [0.1, 0.15) is 23.9 Å². The third kappa shape index (κ3) is 6.39. The number of carbonyl (C=O) groups excluding carboxylic acids is 2. The molecule has 1 N–H and O–H groups in total. The average molecular weight is 630 g/mol. The van der Waals surface area contributed by atoms with E-state index in [2.05, 4.69) is 4.72 Å². The Morgan fingerprint density at radius 2 is 1.24 bits per heavy atom. The van der Waals surface area contributed by atoms with Crippen molar-refractivity contribution in [3.05, 3.63) is 144 Å². The van der Waals surface area contributed by atoms with Crippen LogP contribution in [0.2, 0.25) is 0 Å². The van der Waals surface area contributed by atoms with E-state index in [4.69, 9.17) is 23.1 Å². The van der Waals surface area contributed by atoms with Gasteiger partial charge in [-0.3, -0.25) is 4.79 Å². The fraction of sp³-hybridized carbons (Fsp3) is 0.235. The highest BCUT2D eigenvalue weighted by Gasteiger charge is 2.57. The van der Waals surface area contributed by atoms with Gasteiger partial charge >= 0.3 is 22.2 Å². The van der Waals surface area contributed by atoms with Crippen molar-refractivity contribution in [3.63, 3.8) is 0 Å². The third-order valence-electron chi connectivity index (χ3n) is 7.70. The Morgan fingerprint density at radius 1 is 0.756 bits per heavy atom. The van der Waals surface area contributed by atoms with Crippen molar-refractivity contribution >= 4 is 22.2 Å². The summed E-state index contributed by atoms with van der Waals surface area (Å²) in [4.78, 5) is 25.4. The van der Waals surface area contributed by atoms with Gasteiger partial charge in [-0.1, -0.05) is 109 Å². The summed E-state index contributed by atoms with van der Waals surface area (Å²) >= 11 is 0. The van der Waals surface area contributed by atoms with E-state index in [1.54, 1.807) is 30.3 Å². The van der Waals surface area contributed by atoms with Gasteiger partial charge in [-0.05, 0) is 28.8 Å². The number of nitrogens with one attached hydrogen (secondary N) is 1. The largest absolute Gasteiger partial charge is 0.453 e. The summed E-state index contributed by atoms with van der Waals surface area (Å²) in [7, 11) is -4.28. The van der Waals surface area contributed by atoms with Gasteiger partial charge in [0.2, 0.25) is 6.29 Å². The lowest BCUT2D eigenvalue weighted by Crippen LogP contribution is -2.62. The molecular formula is C34H31NO9S.